The van der Waals surface area contributed by atoms with Crippen molar-refractivity contribution in [3.8, 4) is 0 Å². The predicted molar refractivity (Wildman–Crippen MR) is 134 cm³/mol. The standard InChI is InChI=1S/C26H34N2O.2ClH/c29-17-5-4-8-23-13-16-28(19-21-6-2-1-3-7-21)20-26(23)25-10-9-22-11-14-27-15-12-24(22)18-25;;/h1-3,6-7,9-10,17-18,23,26-27H,4-5,8,11-16,19-20H2;2*1H. The Morgan fingerprint density at radius 3 is 2.55 bits per heavy atom. The lowest BCUT2D eigenvalue weighted by atomic mass is 9.77. The van der Waals surface area contributed by atoms with Crippen LogP contribution < -0.4 is 5.32 Å². The van der Waals surface area contributed by atoms with Crippen LogP contribution >= 0.6 is 24.8 Å². The highest BCUT2D eigenvalue weighted by Gasteiger charge is 2.30. The number of halogens is 2. The van der Waals surface area contributed by atoms with Crippen molar-refractivity contribution in [3.63, 3.8) is 0 Å². The summed E-state index contributed by atoms with van der Waals surface area (Å²) in [5.41, 5.74) is 5.98. The molecular formula is C26H36Cl2N2O. The number of piperidine rings is 1. The summed E-state index contributed by atoms with van der Waals surface area (Å²) in [6.07, 6.45) is 7.48. The predicted octanol–water partition coefficient (Wildman–Crippen LogP) is 5.19. The molecule has 0 amide bonds. The molecule has 0 spiro atoms. The van der Waals surface area contributed by atoms with Crippen molar-refractivity contribution >= 4 is 31.1 Å². The average molecular weight is 463 g/mol. The molecule has 4 rings (SSSR count). The number of nitrogens with one attached hydrogen (secondary N) is 1. The van der Waals surface area contributed by atoms with E-state index < -0.39 is 0 Å². The molecule has 31 heavy (non-hydrogen) atoms. The zero-order valence-electron chi connectivity index (χ0n) is 18.3. The maximum atomic E-state index is 10.8. The van der Waals surface area contributed by atoms with Gasteiger partial charge in [-0.2, -0.15) is 0 Å². The molecule has 0 aromatic heterocycles. The Morgan fingerprint density at radius 1 is 1.00 bits per heavy atom. The van der Waals surface area contributed by atoms with Gasteiger partial charge in [-0.1, -0.05) is 48.5 Å². The van der Waals surface area contributed by atoms with Gasteiger partial charge in [-0.3, -0.25) is 4.90 Å². The van der Waals surface area contributed by atoms with E-state index in [9.17, 15) is 4.79 Å². The maximum absolute atomic E-state index is 10.8. The molecule has 2 unspecified atom stereocenters. The number of hydrogen-bond donors (Lipinski definition) is 1. The second kappa shape index (κ2) is 13.2. The number of rotatable bonds is 7. The summed E-state index contributed by atoms with van der Waals surface area (Å²) in [6.45, 7) is 5.50. The summed E-state index contributed by atoms with van der Waals surface area (Å²) in [5.74, 6) is 1.25. The number of aldehydes is 1. The van der Waals surface area contributed by atoms with Crippen LogP contribution in [0.25, 0.3) is 0 Å². The molecule has 0 radical (unpaired) electrons. The molecule has 170 valence electrons. The molecular weight excluding hydrogens is 427 g/mol. The van der Waals surface area contributed by atoms with Crippen LogP contribution in [0.2, 0.25) is 0 Å². The van der Waals surface area contributed by atoms with E-state index in [0.29, 0.717) is 18.3 Å². The molecule has 1 fully saturated rings. The molecule has 1 saturated heterocycles. The molecule has 2 heterocycles. The summed E-state index contributed by atoms with van der Waals surface area (Å²) in [6, 6.07) is 18.1. The van der Waals surface area contributed by atoms with E-state index in [-0.39, 0.29) is 24.8 Å². The van der Waals surface area contributed by atoms with E-state index in [0.717, 1.165) is 58.3 Å². The van der Waals surface area contributed by atoms with Crippen molar-refractivity contribution in [1.82, 2.24) is 10.2 Å². The molecule has 2 atom stereocenters. The van der Waals surface area contributed by atoms with E-state index in [4.69, 9.17) is 0 Å². The Labute approximate surface area is 199 Å². The first-order valence-electron chi connectivity index (χ1n) is 11.4. The second-order valence-electron chi connectivity index (χ2n) is 8.75. The van der Waals surface area contributed by atoms with E-state index in [1.165, 1.54) is 29.5 Å². The number of fused-ring (bicyclic) bond motifs is 1. The number of carbonyl (C=O) groups is 1. The molecule has 0 bridgehead atoms. The summed E-state index contributed by atoms with van der Waals surface area (Å²) < 4.78 is 0. The molecule has 0 aliphatic carbocycles. The Balaban J connectivity index is 0.00000171. The number of unbranched alkanes of at least 4 members (excludes halogenated alkanes) is 1. The topological polar surface area (TPSA) is 32.3 Å². The first-order valence-corrected chi connectivity index (χ1v) is 11.4. The molecule has 2 aromatic carbocycles. The van der Waals surface area contributed by atoms with E-state index in [1.807, 2.05) is 0 Å². The molecule has 2 aliphatic rings. The average Bonchev–Trinajstić information content (AvgIpc) is 3.00. The van der Waals surface area contributed by atoms with Crippen molar-refractivity contribution in [1.29, 1.82) is 0 Å². The Morgan fingerprint density at radius 2 is 1.77 bits per heavy atom. The molecule has 0 saturated carbocycles. The highest BCUT2D eigenvalue weighted by Crippen LogP contribution is 2.37. The third-order valence-electron chi connectivity index (χ3n) is 6.79. The van der Waals surface area contributed by atoms with Gasteiger partial charge in [0.25, 0.3) is 0 Å². The lowest BCUT2D eigenvalue weighted by Gasteiger charge is -2.39. The van der Waals surface area contributed by atoms with Crippen LogP contribution in [0, 0.1) is 5.92 Å². The molecule has 5 heteroatoms. The van der Waals surface area contributed by atoms with Crippen molar-refractivity contribution in [2.24, 2.45) is 5.92 Å². The SMILES string of the molecule is Cl.Cl.O=CCCCC1CCN(Cc2ccccc2)CC1c1ccc2c(c1)CCNCC2. The van der Waals surface area contributed by atoms with E-state index in [1.54, 1.807) is 5.56 Å². The van der Waals surface area contributed by atoms with Gasteiger partial charge < -0.3 is 10.1 Å². The largest absolute Gasteiger partial charge is 0.316 e. The Hall–Kier alpha value is -1.39. The number of likely N-dealkylation sites (tertiary alicyclic amines) is 1. The van der Waals surface area contributed by atoms with Gasteiger partial charge in [0.1, 0.15) is 6.29 Å². The van der Waals surface area contributed by atoms with Crippen LogP contribution in [0.15, 0.2) is 48.5 Å². The fraction of sp³-hybridized carbons (Fsp3) is 0.500. The normalized spacial score (nSPS) is 21.2. The van der Waals surface area contributed by atoms with Crippen LogP contribution in [-0.2, 0) is 24.2 Å². The number of benzene rings is 2. The van der Waals surface area contributed by atoms with Crippen LogP contribution in [0.4, 0.5) is 0 Å². The fourth-order valence-corrected chi connectivity index (χ4v) is 5.16. The smallest absolute Gasteiger partial charge is 0.119 e. The Bertz CT molecular complexity index is 799. The van der Waals surface area contributed by atoms with Crippen LogP contribution in [0.5, 0.6) is 0 Å². The quantitative estimate of drug-likeness (QED) is 0.453. The van der Waals surface area contributed by atoms with Crippen LogP contribution in [0.3, 0.4) is 0 Å². The van der Waals surface area contributed by atoms with Gasteiger partial charge in [-0.05, 0) is 85.8 Å². The van der Waals surface area contributed by atoms with Gasteiger partial charge in [0.15, 0.2) is 0 Å². The van der Waals surface area contributed by atoms with Crippen molar-refractivity contribution in [2.75, 3.05) is 26.2 Å². The number of hydrogen-bond acceptors (Lipinski definition) is 3. The third kappa shape index (κ3) is 7.05. The van der Waals surface area contributed by atoms with Gasteiger partial charge in [0, 0.05) is 19.5 Å². The lowest BCUT2D eigenvalue weighted by Crippen LogP contribution is -2.39. The Kier molecular flexibility index (Phi) is 11.0. The van der Waals surface area contributed by atoms with Crippen LogP contribution in [-0.4, -0.2) is 37.4 Å². The summed E-state index contributed by atoms with van der Waals surface area (Å²) in [4.78, 5) is 13.5. The lowest BCUT2D eigenvalue weighted by molar-refractivity contribution is -0.108. The van der Waals surface area contributed by atoms with E-state index >= 15 is 0 Å². The van der Waals surface area contributed by atoms with Gasteiger partial charge >= 0.3 is 0 Å². The van der Waals surface area contributed by atoms with Gasteiger partial charge in [0.05, 0.1) is 0 Å². The number of nitrogens with zero attached hydrogens (tertiary/aromatic N) is 1. The summed E-state index contributed by atoms with van der Waals surface area (Å²) in [5, 5.41) is 3.53. The van der Waals surface area contributed by atoms with Crippen molar-refractivity contribution < 1.29 is 4.79 Å². The van der Waals surface area contributed by atoms with Crippen LogP contribution in [0.1, 0.15) is 53.9 Å². The molecule has 3 nitrogen and oxygen atoms in total. The molecule has 2 aromatic rings. The minimum atomic E-state index is 0. The zero-order valence-corrected chi connectivity index (χ0v) is 19.9. The summed E-state index contributed by atoms with van der Waals surface area (Å²) in [7, 11) is 0. The maximum Gasteiger partial charge on any atom is 0.119 e. The van der Waals surface area contributed by atoms with Crippen molar-refractivity contribution in [2.45, 2.75) is 51.0 Å². The molecule has 1 N–H and O–H groups in total. The number of carbonyl (C=O) groups excluding carboxylic acids is 1. The summed E-state index contributed by atoms with van der Waals surface area (Å²) >= 11 is 0. The third-order valence-corrected chi connectivity index (χ3v) is 6.79. The minimum Gasteiger partial charge on any atom is -0.316 e. The molecule has 2 aliphatic heterocycles. The highest BCUT2D eigenvalue weighted by molar-refractivity contribution is 5.85. The first-order chi connectivity index (χ1) is 14.3. The minimum absolute atomic E-state index is 0. The highest BCUT2D eigenvalue weighted by atomic mass is 35.5. The fourth-order valence-electron chi connectivity index (χ4n) is 5.16. The second-order valence-corrected chi connectivity index (χ2v) is 8.75. The van der Waals surface area contributed by atoms with Crippen molar-refractivity contribution in [3.05, 3.63) is 70.8 Å². The zero-order chi connectivity index (χ0) is 19.9. The van der Waals surface area contributed by atoms with Gasteiger partial charge in [-0.25, -0.2) is 0 Å². The van der Waals surface area contributed by atoms with E-state index in [2.05, 4.69) is 58.7 Å². The first kappa shape index (κ1) is 25.9. The van der Waals surface area contributed by atoms with Gasteiger partial charge in [-0.15, -0.1) is 24.8 Å². The monoisotopic (exact) mass is 462 g/mol. The van der Waals surface area contributed by atoms with Gasteiger partial charge in [0.2, 0.25) is 0 Å².